The zero-order valence-electron chi connectivity index (χ0n) is 31.7. The number of rotatable bonds is 4. The van der Waals surface area contributed by atoms with E-state index < -0.39 is 31.0 Å². The lowest BCUT2D eigenvalue weighted by Gasteiger charge is -2.48. The van der Waals surface area contributed by atoms with Crippen molar-refractivity contribution in [2.75, 3.05) is 51.8 Å². The molecule has 2 aliphatic carbocycles. The second-order valence-electron chi connectivity index (χ2n) is 16.9. The van der Waals surface area contributed by atoms with Gasteiger partial charge in [-0.3, -0.25) is 9.59 Å². The van der Waals surface area contributed by atoms with Crippen LogP contribution in [0.15, 0.2) is 48.6 Å². The van der Waals surface area contributed by atoms with E-state index in [1.54, 1.807) is 32.3 Å². The van der Waals surface area contributed by atoms with E-state index in [1.807, 2.05) is 12.1 Å². The van der Waals surface area contributed by atoms with Gasteiger partial charge in [-0.1, -0.05) is 50.6 Å². The van der Waals surface area contributed by atoms with Crippen LogP contribution in [0.25, 0.3) is 0 Å². The molecule has 0 aromatic heterocycles. The maximum atomic E-state index is 13.8. The van der Waals surface area contributed by atoms with Gasteiger partial charge in [0.05, 0.1) is 24.9 Å². The van der Waals surface area contributed by atoms with Crippen molar-refractivity contribution in [2.45, 2.75) is 88.9 Å². The van der Waals surface area contributed by atoms with Crippen LogP contribution >= 0.6 is 11.6 Å². The van der Waals surface area contributed by atoms with Gasteiger partial charge < -0.3 is 19.0 Å². The minimum atomic E-state index is -4.38. The summed E-state index contributed by atoms with van der Waals surface area (Å²) < 4.78 is 44.6. The summed E-state index contributed by atoms with van der Waals surface area (Å²) in [5, 5.41) is 0.735. The number of ether oxygens (including phenoxy) is 1. The molecule has 6 rings (SSSR count). The fraction of sp³-hybridized carbons (Fsp3) is 0.590. The lowest BCUT2D eigenvalue weighted by molar-refractivity contribution is -0.128. The fourth-order valence-corrected chi connectivity index (χ4v) is 10.4. The smallest absolute Gasteiger partial charge is 0.304 e. The van der Waals surface area contributed by atoms with Crippen LogP contribution in [0.4, 0.5) is 5.69 Å². The van der Waals surface area contributed by atoms with Crippen molar-refractivity contribution in [3.8, 4) is 5.75 Å². The molecule has 1 unspecified atom stereocenters. The molecule has 52 heavy (non-hydrogen) atoms. The third kappa shape index (κ3) is 7.96. The number of nitrogens with one attached hydrogen (secondary N) is 1. The zero-order chi connectivity index (χ0) is 37.6. The van der Waals surface area contributed by atoms with E-state index in [0.29, 0.717) is 31.2 Å². The van der Waals surface area contributed by atoms with E-state index in [0.717, 1.165) is 53.7 Å². The number of anilines is 1. The first-order valence-corrected chi connectivity index (χ1v) is 23.3. The number of fused-ring (bicyclic) bond motifs is 4. The largest absolute Gasteiger partial charge is 0.490 e. The molecule has 1 spiro atoms. The summed E-state index contributed by atoms with van der Waals surface area (Å²) in [6.07, 6.45) is 9.35. The zero-order valence-corrected chi connectivity index (χ0v) is 34.3. The number of carbonyl (C=O) groups is 2. The summed E-state index contributed by atoms with van der Waals surface area (Å²) in [5.41, 5.74) is 3.20. The molecule has 2 bridgehead atoms. The maximum absolute atomic E-state index is 13.8. The molecule has 1 N–H and O–H groups in total. The molecule has 2 aromatic rings. The Balaban J connectivity index is 1.43. The van der Waals surface area contributed by atoms with Gasteiger partial charge in [0.25, 0.3) is 5.91 Å². The number of benzene rings is 2. The standard InChI is InChI=1S/C39H55ClN4O6SSi/c1-38(2,3)52(6,7)50-34-12-8-9-20-44(24-36(45)42(4)5)51(47,48)41-37(46)28-14-18-35-33(22-28)43(23-29-13-16-31(29)34)25-39(26-49-35)19-10-11-27-21-30(40)15-17-32(27)39/h8,12,14-15,17-18,21-22,29,31,34H,9-11,13,16,19-20,23-26H2,1-7H3,(H,41,46)/b12-8+/t29-,31+,34?,39-/m0/s1. The highest BCUT2D eigenvalue weighted by molar-refractivity contribution is 7.87. The number of amides is 2. The molecule has 1 fully saturated rings. The van der Waals surface area contributed by atoms with Gasteiger partial charge in [0.1, 0.15) is 5.75 Å². The Morgan fingerprint density at radius 2 is 1.92 bits per heavy atom. The van der Waals surface area contributed by atoms with Crippen LogP contribution in [-0.4, -0.2) is 90.7 Å². The Morgan fingerprint density at radius 3 is 2.62 bits per heavy atom. The predicted molar refractivity (Wildman–Crippen MR) is 209 cm³/mol. The highest BCUT2D eigenvalue weighted by Crippen LogP contribution is 2.48. The summed E-state index contributed by atoms with van der Waals surface area (Å²) >= 11 is 6.47. The van der Waals surface area contributed by atoms with Gasteiger partial charge in [-0.05, 0) is 110 Å². The van der Waals surface area contributed by atoms with Crippen molar-refractivity contribution >= 4 is 47.6 Å². The fourth-order valence-electron chi connectivity index (χ4n) is 7.84. The number of halogens is 1. The SMILES string of the molecule is CN(C)C(=O)CN1CC/C=C/C(O[Si](C)(C)C(C)(C)C)[C@@H]2CC[C@H]2CN2C[C@@]3(CCCc4cc(Cl)ccc43)COc3ccc(cc32)C(=O)NS1(=O)=O. The van der Waals surface area contributed by atoms with Gasteiger partial charge in [-0.15, -0.1) is 0 Å². The molecule has 10 nitrogen and oxygen atoms in total. The van der Waals surface area contributed by atoms with Crippen LogP contribution in [0.3, 0.4) is 0 Å². The first kappa shape index (κ1) is 38.8. The summed E-state index contributed by atoms with van der Waals surface area (Å²) in [7, 11) is -3.41. The van der Waals surface area contributed by atoms with Crippen molar-refractivity contribution in [1.82, 2.24) is 13.9 Å². The number of likely N-dealkylation sites (N-methyl/N-ethyl adjacent to an activating group) is 1. The number of hydrogen-bond donors (Lipinski definition) is 1. The lowest BCUT2D eigenvalue weighted by Crippen LogP contribution is -2.52. The van der Waals surface area contributed by atoms with Gasteiger partial charge >= 0.3 is 10.2 Å². The average Bonchev–Trinajstić information content (AvgIpc) is 3.19. The minimum Gasteiger partial charge on any atom is -0.490 e. The molecule has 2 amide bonds. The van der Waals surface area contributed by atoms with Crippen LogP contribution in [0.1, 0.15) is 74.4 Å². The van der Waals surface area contributed by atoms with E-state index in [9.17, 15) is 18.0 Å². The monoisotopic (exact) mass is 770 g/mol. The normalized spacial score (nSPS) is 27.3. The number of carbonyl (C=O) groups excluding carboxylic acids is 2. The van der Waals surface area contributed by atoms with Crippen molar-refractivity contribution in [3.05, 3.63) is 70.3 Å². The second kappa shape index (κ2) is 14.7. The molecule has 13 heteroatoms. The molecule has 4 atom stereocenters. The molecular weight excluding hydrogens is 716 g/mol. The van der Waals surface area contributed by atoms with Gasteiger partial charge in [0, 0.05) is 49.7 Å². The third-order valence-corrected chi connectivity index (χ3v) is 18.3. The molecule has 2 heterocycles. The molecular formula is C39H55ClN4O6SSi. The second-order valence-corrected chi connectivity index (χ2v) is 23.8. The number of nitrogens with zero attached hydrogens (tertiary/aromatic N) is 3. The van der Waals surface area contributed by atoms with Crippen LogP contribution in [-0.2, 0) is 31.3 Å². The average molecular weight is 771 g/mol. The Kier molecular flexibility index (Phi) is 11.0. The molecule has 0 saturated heterocycles. The van der Waals surface area contributed by atoms with Crippen LogP contribution in [0.5, 0.6) is 5.75 Å². The molecule has 2 aromatic carbocycles. The van der Waals surface area contributed by atoms with E-state index in [1.165, 1.54) is 16.0 Å². The maximum Gasteiger partial charge on any atom is 0.304 e. The first-order valence-electron chi connectivity index (χ1n) is 18.6. The molecule has 2 aliphatic heterocycles. The molecule has 4 aliphatic rings. The summed E-state index contributed by atoms with van der Waals surface area (Å²) in [6, 6.07) is 11.4. The number of hydrogen-bond acceptors (Lipinski definition) is 7. The highest BCUT2D eigenvalue weighted by Gasteiger charge is 2.47. The summed E-state index contributed by atoms with van der Waals surface area (Å²) in [5.74, 6) is 0.123. The molecule has 0 radical (unpaired) electrons. The number of aryl methyl sites for hydroxylation is 1. The van der Waals surface area contributed by atoms with Crippen molar-refractivity contribution < 1.29 is 27.2 Å². The summed E-state index contributed by atoms with van der Waals surface area (Å²) in [4.78, 5) is 30.2. The van der Waals surface area contributed by atoms with Gasteiger partial charge in [-0.2, -0.15) is 12.7 Å². The third-order valence-electron chi connectivity index (χ3n) is 12.1. The van der Waals surface area contributed by atoms with E-state index in [2.05, 4.69) is 61.7 Å². The van der Waals surface area contributed by atoms with E-state index in [4.69, 9.17) is 20.8 Å². The topological polar surface area (TPSA) is 108 Å². The van der Waals surface area contributed by atoms with Gasteiger partial charge in [0.2, 0.25) is 5.91 Å². The Labute approximate surface area is 316 Å². The van der Waals surface area contributed by atoms with E-state index in [-0.39, 0.29) is 40.5 Å². The van der Waals surface area contributed by atoms with Crippen molar-refractivity contribution in [1.29, 1.82) is 0 Å². The minimum absolute atomic E-state index is 0.00603. The van der Waals surface area contributed by atoms with Crippen LogP contribution in [0, 0.1) is 11.8 Å². The first-order chi connectivity index (χ1) is 24.4. The molecule has 1 saturated carbocycles. The van der Waals surface area contributed by atoms with Crippen molar-refractivity contribution in [2.24, 2.45) is 11.8 Å². The predicted octanol–water partition coefficient (Wildman–Crippen LogP) is 6.55. The Morgan fingerprint density at radius 1 is 1.15 bits per heavy atom. The quantitative estimate of drug-likeness (QED) is 0.278. The van der Waals surface area contributed by atoms with E-state index >= 15 is 0 Å². The lowest BCUT2D eigenvalue weighted by atomic mass is 9.68. The molecule has 284 valence electrons. The highest BCUT2D eigenvalue weighted by atomic mass is 35.5. The van der Waals surface area contributed by atoms with Crippen LogP contribution < -0.4 is 14.4 Å². The Bertz CT molecular complexity index is 1830. The van der Waals surface area contributed by atoms with Crippen LogP contribution in [0.2, 0.25) is 23.2 Å². The Hall–Kier alpha value is -2.90. The van der Waals surface area contributed by atoms with Crippen molar-refractivity contribution in [3.63, 3.8) is 0 Å². The van der Waals surface area contributed by atoms with Gasteiger partial charge in [-0.25, -0.2) is 4.72 Å². The van der Waals surface area contributed by atoms with Gasteiger partial charge in [0.15, 0.2) is 8.32 Å². The summed E-state index contributed by atoms with van der Waals surface area (Å²) in [6.45, 7) is 12.8.